The predicted octanol–water partition coefficient (Wildman–Crippen LogP) is 3.87. The monoisotopic (exact) mass is 337 g/mol. The number of aromatic nitrogens is 3. The molecular weight excluding hydrogens is 319 g/mol. The zero-order valence-electron chi connectivity index (χ0n) is 13.2. The Hall–Kier alpha value is -2.38. The Labute approximate surface area is 137 Å². The van der Waals surface area contributed by atoms with Crippen LogP contribution in [0.1, 0.15) is 25.3 Å². The van der Waals surface area contributed by atoms with E-state index in [-0.39, 0.29) is 0 Å². The van der Waals surface area contributed by atoms with Crippen molar-refractivity contribution in [3.05, 3.63) is 36.0 Å². The van der Waals surface area contributed by atoms with Crippen LogP contribution in [-0.4, -0.2) is 28.3 Å². The number of alkyl halides is 3. The highest BCUT2D eigenvalue weighted by molar-refractivity contribution is 5.56. The maximum atomic E-state index is 12.6. The first-order valence-electron chi connectivity index (χ1n) is 7.81. The molecule has 1 aliphatic heterocycles. The molecule has 0 radical (unpaired) electrons. The van der Waals surface area contributed by atoms with Crippen molar-refractivity contribution < 1.29 is 13.2 Å². The number of halogens is 3. The average Bonchev–Trinajstić information content (AvgIpc) is 2.55. The van der Waals surface area contributed by atoms with Gasteiger partial charge in [0.15, 0.2) is 5.82 Å². The van der Waals surface area contributed by atoms with Crippen molar-refractivity contribution in [1.29, 1.82) is 0 Å². The number of hydrogen-bond acceptors (Lipinski definition) is 5. The highest BCUT2D eigenvalue weighted by Crippen LogP contribution is 2.30. The Morgan fingerprint density at radius 2 is 1.79 bits per heavy atom. The third-order valence-electron chi connectivity index (χ3n) is 4.10. The van der Waals surface area contributed by atoms with Crippen molar-refractivity contribution >= 4 is 17.5 Å². The average molecular weight is 337 g/mol. The summed E-state index contributed by atoms with van der Waals surface area (Å²) in [6.07, 6.45) is -0.721. The second-order valence-corrected chi connectivity index (χ2v) is 6.01. The fourth-order valence-corrected chi connectivity index (χ4v) is 2.59. The zero-order chi connectivity index (χ0) is 17.2. The molecular formula is C16H18F3N5. The maximum absolute atomic E-state index is 12.6. The molecule has 1 N–H and O–H groups in total. The molecule has 0 saturated carbocycles. The van der Waals surface area contributed by atoms with E-state index < -0.39 is 11.7 Å². The molecule has 0 bridgehead atoms. The molecule has 8 heteroatoms. The molecule has 1 aromatic carbocycles. The first-order valence-corrected chi connectivity index (χ1v) is 7.81. The number of nitrogens with one attached hydrogen (secondary N) is 1. The number of rotatable bonds is 3. The summed E-state index contributed by atoms with van der Waals surface area (Å²) in [6, 6.07) is 4.80. The number of nitrogens with zero attached hydrogens (tertiary/aromatic N) is 4. The van der Waals surface area contributed by atoms with E-state index in [1.165, 1.54) is 18.3 Å². The smallest absolute Gasteiger partial charge is 0.339 e. The van der Waals surface area contributed by atoms with Gasteiger partial charge in [-0.05, 0) is 43.0 Å². The van der Waals surface area contributed by atoms with Gasteiger partial charge in [0.1, 0.15) is 0 Å². The van der Waals surface area contributed by atoms with Crippen LogP contribution in [0.4, 0.5) is 30.6 Å². The van der Waals surface area contributed by atoms with Gasteiger partial charge in [0, 0.05) is 18.8 Å². The summed E-state index contributed by atoms with van der Waals surface area (Å²) in [4.78, 5) is 6.48. The van der Waals surface area contributed by atoms with Crippen molar-refractivity contribution in [1.82, 2.24) is 15.2 Å². The molecule has 0 atom stereocenters. The number of piperidine rings is 1. The van der Waals surface area contributed by atoms with E-state index in [2.05, 4.69) is 32.3 Å². The van der Waals surface area contributed by atoms with E-state index in [0.29, 0.717) is 23.4 Å². The van der Waals surface area contributed by atoms with E-state index in [9.17, 15) is 13.2 Å². The van der Waals surface area contributed by atoms with Crippen LogP contribution in [0.2, 0.25) is 0 Å². The molecule has 128 valence electrons. The molecule has 0 aliphatic carbocycles. The summed E-state index contributed by atoms with van der Waals surface area (Å²) >= 11 is 0. The molecule has 24 heavy (non-hydrogen) atoms. The van der Waals surface area contributed by atoms with Crippen molar-refractivity contribution in [2.75, 3.05) is 23.3 Å². The molecule has 3 rings (SSSR count). The third-order valence-corrected chi connectivity index (χ3v) is 4.10. The lowest BCUT2D eigenvalue weighted by atomic mass is 10.00. The van der Waals surface area contributed by atoms with Crippen LogP contribution < -0.4 is 10.2 Å². The molecule has 0 amide bonds. The van der Waals surface area contributed by atoms with Crippen LogP contribution in [0.3, 0.4) is 0 Å². The quantitative estimate of drug-likeness (QED) is 0.921. The summed E-state index contributed by atoms with van der Waals surface area (Å²) in [5, 5.41) is 11.0. The molecule has 1 aliphatic rings. The predicted molar refractivity (Wildman–Crippen MR) is 85.2 cm³/mol. The molecule has 1 fully saturated rings. The summed E-state index contributed by atoms with van der Waals surface area (Å²) in [5.41, 5.74) is -0.168. The molecule has 1 saturated heterocycles. The third kappa shape index (κ3) is 3.93. The largest absolute Gasteiger partial charge is 0.416 e. The summed E-state index contributed by atoms with van der Waals surface area (Å²) in [5.74, 6) is 1.69. The lowest BCUT2D eigenvalue weighted by Crippen LogP contribution is -2.34. The van der Waals surface area contributed by atoms with Crippen LogP contribution in [0, 0.1) is 5.92 Å². The normalized spacial score (nSPS) is 16.2. The van der Waals surface area contributed by atoms with Crippen LogP contribution in [0.15, 0.2) is 30.5 Å². The highest BCUT2D eigenvalue weighted by atomic mass is 19.4. The first kappa shape index (κ1) is 16.5. The first-order chi connectivity index (χ1) is 11.4. The van der Waals surface area contributed by atoms with Gasteiger partial charge in [-0.15, -0.1) is 5.10 Å². The molecule has 2 aromatic rings. The Balaban J connectivity index is 1.70. The second-order valence-electron chi connectivity index (χ2n) is 6.01. The van der Waals surface area contributed by atoms with Crippen LogP contribution in [-0.2, 0) is 6.18 Å². The van der Waals surface area contributed by atoms with E-state index in [1.54, 1.807) is 0 Å². The maximum Gasteiger partial charge on any atom is 0.416 e. The number of hydrogen-bond donors (Lipinski definition) is 1. The molecule has 0 unspecified atom stereocenters. The van der Waals surface area contributed by atoms with Gasteiger partial charge >= 0.3 is 6.18 Å². The van der Waals surface area contributed by atoms with E-state index >= 15 is 0 Å². The van der Waals surface area contributed by atoms with Crippen LogP contribution >= 0.6 is 0 Å². The van der Waals surface area contributed by atoms with Gasteiger partial charge in [0.05, 0.1) is 11.8 Å². The molecule has 2 heterocycles. The Kier molecular flexibility index (Phi) is 4.55. The lowest BCUT2D eigenvalue weighted by Gasteiger charge is -2.29. The van der Waals surface area contributed by atoms with Crippen molar-refractivity contribution in [2.24, 2.45) is 5.92 Å². The summed E-state index contributed by atoms with van der Waals surface area (Å²) < 4.78 is 37.7. The van der Waals surface area contributed by atoms with Crippen molar-refractivity contribution in [2.45, 2.75) is 25.9 Å². The minimum Gasteiger partial charge on any atom is -0.339 e. The minimum absolute atomic E-state index is 0.457. The summed E-state index contributed by atoms with van der Waals surface area (Å²) in [7, 11) is 0. The minimum atomic E-state index is -4.34. The number of benzene rings is 1. The van der Waals surface area contributed by atoms with Gasteiger partial charge in [-0.25, -0.2) is 0 Å². The van der Waals surface area contributed by atoms with Gasteiger partial charge < -0.3 is 10.2 Å². The summed E-state index contributed by atoms with van der Waals surface area (Å²) in [6.45, 7) is 3.98. The Bertz CT molecular complexity index is 679. The molecule has 5 nitrogen and oxygen atoms in total. The number of anilines is 3. The topological polar surface area (TPSA) is 53.9 Å². The molecule has 1 aromatic heterocycles. The van der Waals surface area contributed by atoms with Crippen LogP contribution in [0.5, 0.6) is 0 Å². The lowest BCUT2D eigenvalue weighted by molar-refractivity contribution is -0.137. The van der Waals surface area contributed by atoms with Gasteiger partial charge in [-0.2, -0.15) is 23.3 Å². The fourth-order valence-electron chi connectivity index (χ4n) is 2.59. The fraction of sp³-hybridized carbons (Fsp3) is 0.438. The van der Waals surface area contributed by atoms with E-state index in [1.807, 2.05) is 0 Å². The second kappa shape index (κ2) is 6.62. The van der Waals surface area contributed by atoms with E-state index in [4.69, 9.17) is 0 Å². The van der Waals surface area contributed by atoms with Crippen LogP contribution in [0.25, 0.3) is 0 Å². The van der Waals surface area contributed by atoms with Gasteiger partial charge in [0.2, 0.25) is 5.95 Å². The van der Waals surface area contributed by atoms with Crippen molar-refractivity contribution in [3.63, 3.8) is 0 Å². The van der Waals surface area contributed by atoms with Gasteiger partial charge in [-0.3, -0.25) is 0 Å². The molecule has 0 spiro atoms. The van der Waals surface area contributed by atoms with Gasteiger partial charge in [0.25, 0.3) is 0 Å². The Morgan fingerprint density at radius 1 is 1.12 bits per heavy atom. The SMILES string of the molecule is CC1CCN(c2nncc(Nc3ccc(C(F)(F)F)cc3)n2)CC1. The van der Waals surface area contributed by atoms with Crippen molar-refractivity contribution in [3.8, 4) is 0 Å². The standard InChI is InChI=1S/C16H18F3N5/c1-11-6-8-24(9-7-11)15-22-14(10-20-23-15)21-13-4-2-12(3-5-13)16(17,18)19/h2-5,10-11H,6-9H2,1H3,(H,21,22,23). The highest BCUT2D eigenvalue weighted by Gasteiger charge is 2.29. The zero-order valence-corrected chi connectivity index (χ0v) is 13.2. The Morgan fingerprint density at radius 3 is 2.42 bits per heavy atom. The van der Waals surface area contributed by atoms with Gasteiger partial charge in [-0.1, -0.05) is 6.92 Å². The van der Waals surface area contributed by atoms with E-state index in [0.717, 1.165) is 38.1 Å².